The molecule has 4 aromatic rings. The molecule has 162 valence electrons. The Balaban J connectivity index is 0.00000132. The molecule has 0 saturated carbocycles. The van der Waals surface area contributed by atoms with Gasteiger partial charge in [0.25, 0.3) is 5.56 Å². The fourth-order valence-corrected chi connectivity index (χ4v) is 4.13. The summed E-state index contributed by atoms with van der Waals surface area (Å²) in [4.78, 5) is 21.9. The van der Waals surface area contributed by atoms with Crippen molar-refractivity contribution in [1.29, 1.82) is 0 Å². The second-order valence-corrected chi connectivity index (χ2v) is 8.00. The molecule has 5 nitrogen and oxygen atoms in total. The number of hydrogen-bond donors (Lipinski definition) is 2. The fraction of sp³-hybridized carbons (Fsp3) is 0.308. The number of nitrogens with one attached hydrogen (secondary N) is 1. The third-order valence-electron chi connectivity index (χ3n) is 5.48. The lowest BCUT2D eigenvalue weighted by Gasteiger charge is -2.18. The highest BCUT2D eigenvalue weighted by atomic mass is 16.3. The molecule has 2 aromatic heterocycles. The molecule has 4 rings (SSSR count). The maximum Gasteiger partial charge on any atom is 0.256 e. The number of aromatic hydroxyl groups is 1. The Hall–Kier alpha value is -3.18. The molecular formula is C26H31N3O2. The van der Waals surface area contributed by atoms with Crippen LogP contribution in [0.15, 0.2) is 53.6 Å². The molecular weight excluding hydrogens is 386 g/mol. The van der Waals surface area contributed by atoms with Crippen LogP contribution < -0.4 is 5.56 Å². The number of nitrogens with zero attached hydrogens (tertiary/aromatic N) is 2. The van der Waals surface area contributed by atoms with Crippen LogP contribution in [-0.2, 0) is 0 Å². The van der Waals surface area contributed by atoms with Gasteiger partial charge >= 0.3 is 0 Å². The number of aromatic nitrogens is 2. The van der Waals surface area contributed by atoms with Crippen molar-refractivity contribution in [3.63, 3.8) is 0 Å². The number of phenols is 1. The number of phenolic OH excluding ortho intramolecular Hbond substituents is 1. The molecule has 0 radical (unpaired) electrons. The first-order valence-electron chi connectivity index (χ1n) is 10.7. The van der Waals surface area contributed by atoms with E-state index >= 15 is 0 Å². The SMILES string of the molecule is CC.Cc1cc(O)c(-c2ccc(C(C)CN(C)C)cc2)c2c1[nH]c(=O)c1ccncc12. The van der Waals surface area contributed by atoms with Gasteiger partial charge in [0.2, 0.25) is 0 Å². The summed E-state index contributed by atoms with van der Waals surface area (Å²) in [7, 11) is 4.14. The van der Waals surface area contributed by atoms with E-state index in [1.54, 1.807) is 24.5 Å². The summed E-state index contributed by atoms with van der Waals surface area (Å²) in [6.45, 7) is 9.06. The second kappa shape index (κ2) is 9.31. The van der Waals surface area contributed by atoms with Crippen molar-refractivity contribution in [2.24, 2.45) is 0 Å². The van der Waals surface area contributed by atoms with Gasteiger partial charge in [-0.1, -0.05) is 45.0 Å². The molecule has 0 aliphatic rings. The molecule has 2 N–H and O–H groups in total. The molecule has 5 heteroatoms. The number of aryl methyl sites for hydroxylation is 1. The number of pyridine rings is 2. The van der Waals surface area contributed by atoms with E-state index in [0.29, 0.717) is 16.9 Å². The number of aromatic amines is 1. The Morgan fingerprint density at radius 2 is 1.77 bits per heavy atom. The van der Waals surface area contributed by atoms with Crippen LogP contribution in [0.25, 0.3) is 32.8 Å². The van der Waals surface area contributed by atoms with E-state index in [4.69, 9.17) is 0 Å². The monoisotopic (exact) mass is 417 g/mol. The van der Waals surface area contributed by atoms with Gasteiger partial charge in [0, 0.05) is 35.3 Å². The van der Waals surface area contributed by atoms with Crippen molar-refractivity contribution >= 4 is 21.7 Å². The van der Waals surface area contributed by atoms with Crippen molar-refractivity contribution in [2.45, 2.75) is 33.6 Å². The number of rotatable bonds is 4. The van der Waals surface area contributed by atoms with Gasteiger partial charge in [-0.2, -0.15) is 0 Å². The van der Waals surface area contributed by atoms with Gasteiger partial charge in [-0.3, -0.25) is 9.78 Å². The maximum absolute atomic E-state index is 12.5. The number of benzene rings is 2. The highest BCUT2D eigenvalue weighted by Crippen LogP contribution is 2.40. The quantitative estimate of drug-likeness (QED) is 0.433. The summed E-state index contributed by atoms with van der Waals surface area (Å²) in [5.74, 6) is 0.602. The van der Waals surface area contributed by atoms with E-state index in [1.165, 1.54) is 5.56 Å². The largest absolute Gasteiger partial charge is 0.507 e. The highest BCUT2D eigenvalue weighted by Gasteiger charge is 2.17. The lowest BCUT2D eigenvalue weighted by molar-refractivity contribution is 0.383. The van der Waals surface area contributed by atoms with Gasteiger partial charge in [-0.05, 0) is 55.8 Å². The molecule has 31 heavy (non-hydrogen) atoms. The third-order valence-corrected chi connectivity index (χ3v) is 5.48. The average molecular weight is 418 g/mol. The van der Waals surface area contributed by atoms with E-state index in [2.05, 4.69) is 48.0 Å². The number of hydrogen-bond acceptors (Lipinski definition) is 4. The van der Waals surface area contributed by atoms with Crippen molar-refractivity contribution in [2.75, 3.05) is 20.6 Å². The third kappa shape index (κ3) is 4.32. The molecule has 0 amide bonds. The van der Waals surface area contributed by atoms with Crippen molar-refractivity contribution in [1.82, 2.24) is 14.9 Å². The van der Waals surface area contributed by atoms with Gasteiger partial charge in [0.1, 0.15) is 5.75 Å². The summed E-state index contributed by atoms with van der Waals surface area (Å²) < 4.78 is 0. The standard InChI is InChI=1S/C24H25N3O2.C2H6/c1-14-11-20(28)21(17-7-5-16(6-8-17)15(2)13-27(3)4)22-19-12-25-10-9-18(19)24(29)26-23(14)22;1-2/h5-12,15,28H,13H2,1-4H3,(H,26,29);1-2H3. The van der Waals surface area contributed by atoms with Crippen LogP contribution >= 0.6 is 0 Å². The lowest BCUT2D eigenvalue weighted by atomic mass is 9.92. The van der Waals surface area contributed by atoms with Gasteiger partial charge in [0.15, 0.2) is 0 Å². The predicted molar refractivity (Wildman–Crippen MR) is 130 cm³/mol. The van der Waals surface area contributed by atoms with Crippen molar-refractivity contribution < 1.29 is 5.11 Å². The minimum absolute atomic E-state index is 0.150. The molecule has 0 spiro atoms. The Labute approximate surface area is 183 Å². The fourth-order valence-electron chi connectivity index (χ4n) is 4.13. The zero-order valence-corrected chi connectivity index (χ0v) is 19.2. The first-order chi connectivity index (χ1) is 14.9. The van der Waals surface area contributed by atoms with E-state index < -0.39 is 0 Å². The van der Waals surface area contributed by atoms with Gasteiger partial charge in [-0.15, -0.1) is 0 Å². The van der Waals surface area contributed by atoms with E-state index in [9.17, 15) is 9.90 Å². The number of fused-ring (bicyclic) bond motifs is 3. The van der Waals surface area contributed by atoms with Crippen LogP contribution in [-0.4, -0.2) is 40.6 Å². The summed E-state index contributed by atoms with van der Waals surface area (Å²) in [5.41, 5.74) is 4.27. The van der Waals surface area contributed by atoms with Gasteiger partial charge in [0.05, 0.1) is 10.9 Å². The van der Waals surface area contributed by atoms with E-state index in [1.807, 2.05) is 32.9 Å². The van der Waals surface area contributed by atoms with Crippen LogP contribution in [0.3, 0.4) is 0 Å². The zero-order chi connectivity index (χ0) is 22.7. The minimum atomic E-state index is -0.150. The smallest absolute Gasteiger partial charge is 0.256 e. The minimum Gasteiger partial charge on any atom is -0.507 e. The van der Waals surface area contributed by atoms with Crippen LogP contribution in [0.4, 0.5) is 0 Å². The van der Waals surface area contributed by atoms with E-state index in [0.717, 1.165) is 34.0 Å². The Morgan fingerprint density at radius 3 is 2.42 bits per heavy atom. The summed E-state index contributed by atoms with van der Waals surface area (Å²) in [5, 5.41) is 13.0. The van der Waals surface area contributed by atoms with Crippen molar-refractivity contribution in [3.05, 3.63) is 70.3 Å². The maximum atomic E-state index is 12.5. The molecule has 0 aliphatic carbocycles. The summed E-state index contributed by atoms with van der Waals surface area (Å²) in [6.07, 6.45) is 3.31. The molecule has 2 heterocycles. The molecule has 0 aliphatic heterocycles. The topological polar surface area (TPSA) is 69.2 Å². The number of likely N-dealkylation sites (N-methyl/N-ethyl adjacent to an activating group) is 1. The van der Waals surface area contributed by atoms with Gasteiger partial charge in [-0.25, -0.2) is 0 Å². The second-order valence-electron chi connectivity index (χ2n) is 8.00. The predicted octanol–water partition coefficient (Wildman–Crippen LogP) is 5.45. The molecule has 0 fully saturated rings. The lowest BCUT2D eigenvalue weighted by Crippen LogP contribution is -2.18. The Morgan fingerprint density at radius 1 is 1.10 bits per heavy atom. The first-order valence-corrected chi connectivity index (χ1v) is 10.7. The van der Waals surface area contributed by atoms with Crippen molar-refractivity contribution in [3.8, 4) is 16.9 Å². The number of H-pyrrole nitrogens is 1. The Kier molecular flexibility index (Phi) is 6.76. The first kappa shape index (κ1) is 22.5. The molecule has 1 atom stereocenters. The van der Waals surface area contributed by atoms with Crippen LogP contribution in [0.2, 0.25) is 0 Å². The summed E-state index contributed by atoms with van der Waals surface area (Å²) in [6, 6.07) is 11.7. The van der Waals surface area contributed by atoms with Gasteiger partial charge < -0.3 is 15.0 Å². The normalized spacial score (nSPS) is 12.1. The summed E-state index contributed by atoms with van der Waals surface area (Å²) >= 11 is 0. The Bertz CT molecular complexity index is 1260. The van der Waals surface area contributed by atoms with E-state index in [-0.39, 0.29) is 11.3 Å². The molecule has 1 unspecified atom stereocenters. The van der Waals surface area contributed by atoms with Crippen LogP contribution in [0, 0.1) is 6.92 Å². The molecule has 2 aromatic carbocycles. The molecule has 0 bridgehead atoms. The average Bonchev–Trinajstić information content (AvgIpc) is 2.76. The van der Waals surface area contributed by atoms with Crippen LogP contribution in [0.1, 0.15) is 37.8 Å². The zero-order valence-electron chi connectivity index (χ0n) is 19.2. The highest BCUT2D eigenvalue weighted by molar-refractivity contribution is 6.14. The van der Waals surface area contributed by atoms with Crippen LogP contribution in [0.5, 0.6) is 5.75 Å². The molecule has 0 saturated heterocycles.